The van der Waals surface area contributed by atoms with Crippen molar-refractivity contribution in [3.63, 3.8) is 0 Å². The molecule has 0 fully saturated rings. The van der Waals surface area contributed by atoms with Crippen LogP contribution in [0.25, 0.3) is 0 Å². The van der Waals surface area contributed by atoms with E-state index in [2.05, 4.69) is 15.5 Å². The number of hydrogen-bond donors (Lipinski definition) is 1. The number of aromatic nitrogens is 2. The van der Waals surface area contributed by atoms with E-state index < -0.39 is 0 Å². The molecule has 0 aromatic carbocycles. The molecular formula is C10H19N3O2. The minimum absolute atomic E-state index is 0.00687. The van der Waals surface area contributed by atoms with Gasteiger partial charge < -0.3 is 9.73 Å². The fourth-order valence-electron chi connectivity index (χ4n) is 0.782. The molecule has 86 valence electrons. The predicted molar refractivity (Wildman–Crippen MR) is 57.6 cm³/mol. The third-order valence-corrected chi connectivity index (χ3v) is 1.21. The van der Waals surface area contributed by atoms with Gasteiger partial charge in [0.05, 0.1) is 0 Å². The van der Waals surface area contributed by atoms with Crippen molar-refractivity contribution in [3.8, 4) is 0 Å². The fourth-order valence-corrected chi connectivity index (χ4v) is 0.782. The number of carbonyl (C=O) groups is 1. The summed E-state index contributed by atoms with van der Waals surface area (Å²) in [5, 5.41) is 9.87. The molecule has 0 bridgehead atoms. The van der Waals surface area contributed by atoms with Gasteiger partial charge in [-0.25, -0.2) is 0 Å². The van der Waals surface area contributed by atoms with Crippen LogP contribution in [0.4, 0.5) is 0 Å². The van der Waals surface area contributed by atoms with Crippen LogP contribution in [0.3, 0.4) is 0 Å². The highest BCUT2D eigenvalue weighted by Gasteiger charge is 2.19. The molecule has 0 atom stereocenters. The molecule has 0 spiro atoms. The van der Waals surface area contributed by atoms with Crippen molar-refractivity contribution in [3.05, 3.63) is 11.8 Å². The van der Waals surface area contributed by atoms with Gasteiger partial charge >= 0.3 is 11.8 Å². The molecule has 0 aliphatic heterocycles. The van der Waals surface area contributed by atoms with E-state index in [0.29, 0.717) is 5.89 Å². The summed E-state index contributed by atoms with van der Waals surface area (Å²) in [7, 11) is 0. The van der Waals surface area contributed by atoms with E-state index in [4.69, 9.17) is 4.42 Å². The molecule has 0 saturated heterocycles. The van der Waals surface area contributed by atoms with Crippen LogP contribution in [-0.4, -0.2) is 21.6 Å². The van der Waals surface area contributed by atoms with Crippen molar-refractivity contribution in [1.29, 1.82) is 0 Å². The summed E-state index contributed by atoms with van der Waals surface area (Å²) >= 11 is 0. The molecular weight excluding hydrogens is 194 g/mol. The second-order valence-corrected chi connectivity index (χ2v) is 3.83. The molecule has 1 heterocycles. The standard InChI is InChI=1S/C8H13N3O2.C2H6/c1-5-10-11-7(13-5)6(12)9-8(2,3)4;1-2/h1-4H3,(H,9,12);1-2H3. The van der Waals surface area contributed by atoms with Crippen LogP contribution in [0, 0.1) is 6.92 Å². The number of amides is 1. The van der Waals surface area contributed by atoms with Gasteiger partial charge in [-0.15, -0.1) is 10.2 Å². The molecule has 5 nitrogen and oxygen atoms in total. The zero-order valence-corrected chi connectivity index (χ0v) is 10.2. The Labute approximate surface area is 90.3 Å². The highest BCUT2D eigenvalue weighted by atomic mass is 16.4. The van der Waals surface area contributed by atoms with Gasteiger partial charge in [0.2, 0.25) is 5.89 Å². The molecule has 5 heteroatoms. The SMILES string of the molecule is CC.Cc1nnc(C(=O)NC(C)(C)C)o1. The van der Waals surface area contributed by atoms with Crippen LogP contribution in [0.5, 0.6) is 0 Å². The number of nitrogens with one attached hydrogen (secondary N) is 1. The molecule has 0 radical (unpaired) electrons. The lowest BCUT2D eigenvalue weighted by Gasteiger charge is -2.18. The van der Waals surface area contributed by atoms with Crippen molar-refractivity contribution >= 4 is 5.91 Å². The van der Waals surface area contributed by atoms with E-state index in [1.54, 1.807) is 6.92 Å². The molecule has 0 saturated carbocycles. The lowest BCUT2D eigenvalue weighted by Crippen LogP contribution is -2.40. The van der Waals surface area contributed by atoms with Gasteiger partial charge in [0, 0.05) is 12.5 Å². The Balaban J connectivity index is 0.000000921. The van der Waals surface area contributed by atoms with Crippen molar-refractivity contribution in [1.82, 2.24) is 15.5 Å². The summed E-state index contributed by atoms with van der Waals surface area (Å²) in [5.74, 6) is 0.0552. The minimum atomic E-state index is -0.340. The summed E-state index contributed by atoms with van der Waals surface area (Å²) in [6, 6.07) is 0. The zero-order valence-electron chi connectivity index (χ0n) is 10.2. The number of aryl methyl sites for hydroxylation is 1. The first kappa shape index (κ1) is 13.6. The van der Waals surface area contributed by atoms with Crippen LogP contribution in [0.15, 0.2) is 4.42 Å². The van der Waals surface area contributed by atoms with Gasteiger partial charge in [-0.1, -0.05) is 13.8 Å². The Morgan fingerprint density at radius 3 is 2.13 bits per heavy atom. The molecule has 1 rings (SSSR count). The summed E-state index contributed by atoms with van der Waals surface area (Å²) < 4.78 is 4.96. The summed E-state index contributed by atoms with van der Waals surface area (Å²) in [6.07, 6.45) is 0. The van der Waals surface area contributed by atoms with Gasteiger partial charge in [-0.2, -0.15) is 0 Å². The largest absolute Gasteiger partial charge is 0.417 e. The van der Waals surface area contributed by atoms with E-state index in [9.17, 15) is 4.79 Å². The van der Waals surface area contributed by atoms with E-state index in [0.717, 1.165) is 0 Å². The number of nitrogens with zero attached hydrogens (tertiary/aromatic N) is 2. The maximum Gasteiger partial charge on any atom is 0.309 e. The maximum absolute atomic E-state index is 11.4. The number of rotatable bonds is 1. The van der Waals surface area contributed by atoms with E-state index >= 15 is 0 Å². The van der Waals surface area contributed by atoms with E-state index in [-0.39, 0.29) is 17.3 Å². The summed E-state index contributed by atoms with van der Waals surface area (Å²) in [5.41, 5.74) is -0.292. The van der Waals surface area contributed by atoms with Crippen LogP contribution >= 0.6 is 0 Å². The normalized spacial score (nSPS) is 10.3. The fraction of sp³-hybridized carbons (Fsp3) is 0.700. The van der Waals surface area contributed by atoms with Crippen LogP contribution in [0.1, 0.15) is 51.2 Å². The highest BCUT2D eigenvalue weighted by Crippen LogP contribution is 2.03. The van der Waals surface area contributed by atoms with Crippen LogP contribution in [-0.2, 0) is 0 Å². The topological polar surface area (TPSA) is 68.0 Å². The Morgan fingerprint density at radius 2 is 1.80 bits per heavy atom. The number of carbonyl (C=O) groups excluding carboxylic acids is 1. The third kappa shape index (κ3) is 5.15. The van der Waals surface area contributed by atoms with Crippen molar-refractivity contribution in [2.45, 2.75) is 47.1 Å². The summed E-state index contributed by atoms with van der Waals surface area (Å²) in [6.45, 7) is 11.3. The average Bonchev–Trinajstić information content (AvgIpc) is 2.52. The van der Waals surface area contributed by atoms with Gasteiger partial charge in [0.15, 0.2) is 0 Å². The van der Waals surface area contributed by atoms with E-state index in [1.807, 2.05) is 34.6 Å². The Hall–Kier alpha value is -1.39. The lowest BCUT2D eigenvalue weighted by atomic mass is 10.1. The molecule has 1 aromatic rings. The van der Waals surface area contributed by atoms with Gasteiger partial charge in [0.25, 0.3) is 0 Å². The molecule has 1 aromatic heterocycles. The molecule has 15 heavy (non-hydrogen) atoms. The van der Waals surface area contributed by atoms with Crippen molar-refractivity contribution in [2.75, 3.05) is 0 Å². The Kier molecular flexibility index (Phi) is 4.97. The molecule has 1 amide bonds. The zero-order chi connectivity index (χ0) is 12.1. The molecule has 0 aliphatic rings. The van der Waals surface area contributed by atoms with Gasteiger partial charge in [0.1, 0.15) is 0 Å². The average molecular weight is 213 g/mol. The van der Waals surface area contributed by atoms with Crippen LogP contribution in [0.2, 0.25) is 0 Å². The third-order valence-electron chi connectivity index (χ3n) is 1.21. The van der Waals surface area contributed by atoms with Crippen LogP contribution < -0.4 is 5.32 Å². The lowest BCUT2D eigenvalue weighted by molar-refractivity contribution is 0.0882. The Morgan fingerprint density at radius 1 is 1.27 bits per heavy atom. The predicted octanol–water partition coefficient (Wildman–Crippen LogP) is 1.93. The second-order valence-electron chi connectivity index (χ2n) is 3.83. The van der Waals surface area contributed by atoms with Gasteiger partial charge in [-0.3, -0.25) is 4.79 Å². The summed E-state index contributed by atoms with van der Waals surface area (Å²) in [4.78, 5) is 11.4. The minimum Gasteiger partial charge on any atom is -0.417 e. The van der Waals surface area contributed by atoms with Gasteiger partial charge in [-0.05, 0) is 20.8 Å². The first-order valence-electron chi connectivity index (χ1n) is 5.01. The smallest absolute Gasteiger partial charge is 0.309 e. The first-order valence-corrected chi connectivity index (χ1v) is 5.01. The number of hydrogen-bond acceptors (Lipinski definition) is 4. The Bertz CT molecular complexity index is 313. The second kappa shape index (κ2) is 5.48. The van der Waals surface area contributed by atoms with E-state index in [1.165, 1.54) is 0 Å². The molecule has 1 N–H and O–H groups in total. The maximum atomic E-state index is 11.4. The monoisotopic (exact) mass is 213 g/mol. The van der Waals surface area contributed by atoms with Crippen molar-refractivity contribution in [2.24, 2.45) is 0 Å². The first-order chi connectivity index (χ1) is 6.88. The molecule has 0 unspecified atom stereocenters. The van der Waals surface area contributed by atoms with Crippen molar-refractivity contribution < 1.29 is 9.21 Å². The quantitative estimate of drug-likeness (QED) is 0.774. The molecule has 0 aliphatic carbocycles. The highest BCUT2D eigenvalue weighted by molar-refractivity contribution is 5.89.